The normalized spacial score (nSPS) is 16.5. The monoisotopic (exact) mass is 206 g/mol. The quantitative estimate of drug-likeness (QED) is 0.746. The number of anilines is 1. The predicted molar refractivity (Wildman–Crippen MR) is 66.8 cm³/mol. The van der Waals surface area contributed by atoms with Crippen molar-refractivity contribution >= 4 is 5.69 Å². The van der Waals surface area contributed by atoms with E-state index in [0.717, 1.165) is 12.2 Å². The van der Waals surface area contributed by atoms with E-state index >= 15 is 0 Å². The molecular formula is C13H22N2. The zero-order valence-electron chi connectivity index (χ0n) is 10.0. The van der Waals surface area contributed by atoms with Gasteiger partial charge in [-0.25, -0.2) is 0 Å². The molecule has 1 aromatic carbocycles. The first-order valence-corrected chi connectivity index (χ1v) is 5.88. The van der Waals surface area contributed by atoms with Gasteiger partial charge in [-0.15, -0.1) is 0 Å². The lowest BCUT2D eigenvalue weighted by molar-refractivity contribution is 0.539. The van der Waals surface area contributed by atoms with E-state index in [2.05, 4.69) is 24.4 Å². The third kappa shape index (κ3) is 2.72. The van der Waals surface area contributed by atoms with Gasteiger partial charge in [0.05, 0.1) is 0 Å². The second-order valence-corrected chi connectivity index (χ2v) is 3.73. The number of hydrogen-bond donors (Lipinski definition) is 2. The van der Waals surface area contributed by atoms with Crippen LogP contribution in [-0.4, -0.2) is 6.54 Å². The lowest BCUT2D eigenvalue weighted by atomic mass is 10.0. The highest BCUT2D eigenvalue weighted by Gasteiger charge is 2.43. The Kier molecular flexibility index (Phi) is 4.15. The molecule has 1 fully saturated rings. The Balaban J connectivity index is 0.000000531. The summed E-state index contributed by atoms with van der Waals surface area (Å²) >= 11 is 0. The van der Waals surface area contributed by atoms with Gasteiger partial charge in [-0.2, -0.15) is 0 Å². The third-order valence-electron chi connectivity index (χ3n) is 2.73. The van der Waals surface area contributed by atoms with Crippen molar-refractivity contribution in [2.24, 2.45) is 0 Å². The summed E-state index contributed by atoms with van der Waals surface area (Å²) in [5.41, 5.74) is 8.15. The van der Waals surface area contributed by atoms with Crippen LogP contribution in [-0.2, 0) is 5.54 Å². The highest BCUT2D eigenvalue weighted by atomic mass is 15.0. The van der Waals surface area contributed by atoms with Crippen LogP contribution in [0.3, 0.4) is 0 Å². The van der Waals surface area contributed by atoms with E-state index in [4.69, 9.17) is 5.73 Å². The molecule has 84 valence electrons. The topological polar surface area (TPSA) is 38.0 Å². The van der Waals surface area contributed by atoms with Gasteiger partial charge in [0.2, 0.25) is 0 Å². The number of benzene rings is 1. The Labute approximate surface area is 92.9 Å². The maximum absolute atomic E-state index is 5.64. The first kappa shape index (κ1) is 12.1. The van der Waals surface area contributed by atoms with Crippen LogP contribution in [0.2, 0.25) is 0 Å². The molecule has 0 radical (unpaired) electrons. The Morgan fingerprint density at radius 1 is 1.20 bits per heavy atom. The summed E-state index contributed by atoms with van der Waals surface area (Å²) in [5.74, 6) is 0. The second-order valence-electron chi connectivity index (χ2n) is 3.73. The van der Waals surface area contributed by atoms with Crippen LogP contribution in [0.25, 0.3) is 0 Å². The Morgan fingerprint density at radius 2 is 1.73 bits per heavy atom. The molecule has 2 rings (SSSR count). The second kappa shape index (κ2) is 5.17. The number of nitrogen functional groups attached to an aromatic ring is 1. The summed E-state index contributed by atoms with van der Waals surface area (Å²) in [5, 5.41) is 3.53. The molecule has 0 atom stereocenters. The minimum atomic E-state index is 0.280. The molecule has 2 heteroatoms. The minimum Gasteiger partial charge on any atom is -0.399 e. The molecule has 0 heterocycles. The molecule has 1 aromatic rings. The molecule has 0 saturated heterocycles. The number of rotatable bonds is 3. The lowest BCUT2D eigenvalue weighted by Crippen LogP contribution is -2.28. The SMILES string of the molecule is CC.CCNC1(c2ccc(N)cc2)CC1. The van der Waals surface area contributed by atoms with Crippen molar-refractivity contribution in [2.45, 2.75) is 39.2 Å². The van der Waals surface area contributed by atoms with Crippen molar-refractivity contribution in [3.63, 3.8) is 0 Å². The van der Waals surface area contributed by atoms with Gasteiger partial charge in [0.25, 0.3) is 0 Å². The number of nitrogens with one attached hydrogen (secondary N) is 1. The molecule has 0 aromatic heterocycles. The van der Waals surface area contributed by atoms with Gasteiger partial charge in [-0.1, -0.05) is 32.9 Å². The first-order chi connectivity index (χ1) is 7.27. The smallest absolute Gasteiger partial charge is 0.0436 e. The first-order valence-electron chi connectivity index (χ1n) is 5.88. The molecule has 15 heavy (non-hydrogen) atoms. The molecule has 0 spiro atoms. The van der Waals surface area contributed by atoms with Crippen LogP contribution in [0, 0.1) is 0 Å². The summed E-state index contributed by atoms with van der Waals surface area (Å²) in [6, 6.07) is 8.22. The summed E-state index contributed by atoms with van der Waals surface area (Å²) in [4.78, 5) is 0. The predicted octanol–water partition coefficient (Wildman–Crippen LogP) is 2.89. The van der Waals surface area contributed by atoms with Gasteiger partial charge < -0.3 is 11.1 Å². The van der Waals surface area contributed by atoms with E-state index < -0.39 is 0 Å². The van der Waals surface area contributed by atoms with Crippen LogP contribution in [0.5, 0.6) is 0 Å². The van der Waals surface area contributed by atoms with Gasteiger partial charge in [-0.05, 0) is 37.1 Å². The summed E-state index contributed by atoms with van der Waals surface area (Å²) < 4.78 is 0. The van der Waals surface area contributed by atoms with E-state index in [1.807, 2.05) is 26.0 Å². The van der Waals surface area contributed by atoms with Gasteiger partial charge >= 0.3 is 0 Å². The van der Waals surface area contributed by atoms with E-state index in [9.17, 15) is 0 Å². The zero-order valence-corrected chi connectivity index (χ0v) is 10.0. The minimum absolute atomic E-state index is 0.280. The Bertz CT molecular complexity index is 286. The average Bonchev–Trinajstić information content (AvgIpc) is 3.03. The Morgan fingerprint density at radius 3 is 2.13 bits per heavy atom. The van der Waals surface area contributed by atoms with Crippen molar-refractivity contribution in [1.82, 2.24) is 5.32 Å². The lowest BCUT2D eigenvalue weighted by Gasteiger charge is -2.16. The highest BCUT2D eigenvalue weighted by Crippen LogP contribution is 2.45. The van der Waals surface area contributed by atoms with E-state index in [-0.39, 0.29) is 5.54 Å². The van der Waals surface area contributed by atoms with Gasteiger partial charge in [-0.3, -0.25) is 0 Å². The van der Waals surface area contributed by atoms with Crippen LogP contribution < -0.4 is 11.1 Å². The summed E-state index contributed by atoms with van der Waals surface area (Å²) in [6.45, 7) is 7.18. The van der Waals surface area contributed by atoms with Crippen molar-refractivity contribution in [1.29, 1.82) is 0 Å². The molecule has 0 unspecified atom stereocenters. The largest absolute Gasteiger partial charge is 0.399 e. The van der Waals surface area contributed by atoms with Gasteiger partial charge in [0.15, 0.2) is 0 Å². The molecule has 3 N–H and O–H groups in total. The van der Waals surface area contributed by atoms with Crippen molar-refractivity contribution in [3.05, 3.63) is 29.8 Å². The summed E-state index contributed by atoms with van der Waals surface area (Å²) in [7, 11) is 0. The fourth-order valence-corrected chi connectivity index (χ4v) is 1.83. The van der Waals surface area contributed by atoms with Crippen molar-refractivity contribution < 1.29 is 0 Å². The van der Waals surface area contributed by atoms with Crippen LogP contribution in [0.4, 0.5) is 5.69 Å². The van der Waals surface area contributed by atoms with E-state index in [0.29, 0.717) is 0 Å². The van der Waals surface area contributed by atoms with Crippen LogP contribution >= 0.6 is 0 Å². The number of hydrogen-bond acceptors (Lipinski definition) is 2. The van der Waals surface area contributed by atoms with Crippen LogP contribution in [0.15, 0.2) is 24.3 Å². The third-order valence-corrected chi connectivity index (χ3v) is 2.73. The molecule has 0 bridgehead atoms. The standard InChI is InChI=1S/C11H16N2.C2H6/c1-2-13-11(7-8-11)9-3-5-10(12)6-4-9;1-2/h3-6,13H,2,7-8,12H2,1H3;1-2H3. The molecule has 1 aliphatic rings. The molecule has 0 aliphatic heterocycles. The van der Waals surface area contributed by atoms with E-state index in [1.54, 1.807) is 0 Å². The fraction of sp³-hybridized carbons (Fsp3) is 0.538. The molecule has 1 saturated carbocycles. The fourth-order valence-electron chi connectivity index (χ4n) is 1.83. The van der Waals surface area contributed by atoms with Gasteiger partial charge in [0.1, 0.15) is 0 Å². The van der Waals surface area contributed by atoms with Crippen LogP contribution in [0.1, 0.15) is 39.2 Å². The highest BCUT2D eigenvalue weighted by molar-refractivity contribution is 5.42. The Hall–Kier alpha value is -1.02. The van der Waals surface area contributed by atoms with Gasteiger partial charge in [0, 0.05) is 11.2 Å². The molecular weight excluding hydrogens is 184 g/mol. The molecule has 2 nitrogen and oxygen atoms in total. The van der Waals surface area contributed by atoms with Crippen molar-refractivity contribution in [2.75, 3.05) is 12.3 Å². The average molecular weight is 206 g/mol. The van der Waals surface area contributed by atoms with E-state index in [1.165, 1.54) is 18.4 Å². The molecule has 1 aliphatic carbocycles. The maximum atomic E-state index is 5.64. The number of nitrogens with two attached hydrogens (primary N) is 1. The maximum Gasteiger partial charge on any atom is 0.0436 e. The zero-order chi connectivity index (χ0) is 11.3. The molecule has 0 amide bonds. The summed E-state index contributed by atoms with van der Waals surface area (Å²) in [6.07, 6.45) is 2.51. The van der Waals surface area contributed by atoms with Crippen molar-refractivity contribution in [3.8, 4) is 0 Å².